The maximum atomic E-state index is 6.26. The average Bonchev–Trinajstić information content (AvgIpc) is 2.88. The summed E-state index contributed by atoms with van der Waals surface area (Å²) < 4.78 is 12.5. The van der Waals surface area contributed by atoms with E-state index in [0.29, 0.717) is 13.2 Å². The molecule has 176 valence electrons. The van der Waals surface area contributed by atoms with Crippen LogP contribution in [-0.2, 0) is 13.1 Å². The van der Waals surface area contributed by atoms with Crippen LogP contribution >= 0.6 is 0 Å². The Bertz CT molecular complexity index is 1140. The van der Waals surface area contributed by atoms with Gasteiger partial charge in [-0.15, -0.1) is 0 Å². The lowest BCUT2D eigenvalue weighted by Gasteiger charge is -2.17. The summed E-state index contributed by atoms with van der Waals surface area (Å²) in [4.78, 5) is 0. The molecule has 34 heavy (non-hydrogen) atoms. The fraction of sp³-hybridized carbons (Fsp3) is 0.333. The van der Waals surface area contributed by atoms with Crippen molar-refractivity contribution >= 4 is 21.5 Å². The van der Waals surface area contributed by atoms with Crippen LogP contribution < -0.4 is 20.1 Å². The fourth-order valence-corrected chi connectivity index (χ4v) is 4.76. The highest BCUT2D eigenvalue weighted by Gasteiger charge is 2.11. The first-order valence-corrected chi connectivity index (χ1v) is 12.6. The molecule has 0 spiro atoms. The van der Waals surface area contributed by atoms with E-state index < -0.39 is 0 Å². The molecular formula is C30H34N2O2. The van der Waals surface area contributed by atoms with Gasteiger partial charge < -0.3 is 20.1 Å². The first-order valence-electron chi connectivity index (χ1n) is 12.6. The number of fused-ring (bicyclic) bond motifs is 6. The lowest BCUT2D eigenvalue weighted by Crippen LogP contribution is -2.20. The Labute approximate surface area is 202 Å². The third kappa shape index (κ3) is 5.35. The molecule has 0 saturated heterocycles. The summed E-state index contributed by atoms with van der Waals surface area (Å²) in [6.07, 6.45) is 4.18. The SMILES string of the molecule is c1ccc2c3c(ccc2c1)OCCCCOc1ccc2ccccc2c1CNCCCCNC3. The molecule has 2 N–H and O–H groups in total. The Kier molecular flexibility index (Phi) is 7.59. The predicted molar refractivity (Wildman–Crippen MR) is 141 cm³/mol. The maximum absolute atomic E-state index is 6.26. The Balaban J connectivity index is 1.31. The molecule has 4 heteroatoms. The van der Waals surface area contributed by atoms with E-state index in [1.165, 1.54) is 32.7 Å². The predicted octanol–water partition coefficient (Wildman–Crippen LogP) is 6.20. The van der Waals surface area contributed by atoms with E-state index in [0.717, 1.165) is 63.4 Å². The zero-order chi connectivity index (χ0) is 23.0. The number of nitrogens with one attached hydrogen (secondary N) is 2. The lowest BCUT2D eigenvalue weighted by molar-refractivity contribution is 0.264. The van der Waals surface area contributed by atoms with Crippen molar-refractivity contribution in [1.29, 1.82) is 0 Å². The van der Waals surface area contributed by atoms with Gasteiger partial charge in [0, 0.05) is 24.2 Å². The van der Waals surface area contributed by atoms with E-state index in [1.807, 2.05) is 0 Å². The molecule has 0 amide bonds. The second-order valence-electron chi connectivity index (χ2n) is 8.99. The second kappa shape index (κ2) is 11.4. The molecule has 0 aromatic heterocycles. The minimum atomic E-state index is 0.695. The van der Waals surface area contributed by atoms with E-state index in [4.69, 9.17) is 9.47 Å². The monoisotopic (exact) mass is 454 g/mol. The molecule has 1 aliphatic rings. The molecule has 1 heterocycles. The van der Waals surface area contributed by atoms with E-state index >= 15 is 0 Å². The fourth-order valence-electron chi connectivity index (χ4n) is 4.76. The van der Waals surface area contributed by atoms with E-state index in [1.54, 1.807) is 0 Å². The Morgan fingerprint density at radius 2 is 0.971 bits per heavy atom. The van der Waals surface area contributed by atoms with Gasteiger partial charge in [0.25, 0.3) is 0 Å². The van der Waals surface area contributed by atoms with Crippen molar-refractivity contribution in [2.75, 3.05) is 26.3 Å². The second-order valence-corrected chi connectivity index (χ2v) is 8.99. The van der Waals surface area contributed by atoms with Crippen molar-refractivity contribution in [1.82, 2.24) is 10.6 Å². The van der Waals surface area contributed by atoms with Crippen LogP contribution in [0.4, 0.5) is 0 Å². The molecule has 0 atom stereocenters. The number of rotatable bonds is 0. The molecule has 0 bridgehead atoms. The lowest BCUT2D eigenvalue weighted by atomic mass is 10.0. The summed E-state index contributed by atoms with van der Waals surface area (Å²) in [5.41, 5.74) is 2.52. The normalized spacial score (nSPS) is 16.5. The highest BCUT2D eigenvalue weighted by molar-refractivity contribution is 5.88. The van der Waals surface area contributed by atoms with Gasteiger partial charge in [0.05, 0.1) is 13.2 Å². The van der Waals surface area contributed by atoms with Gasteiger partial charge in [-0.3, -0.25) is 0 Å². The zero-order valence-corrected chi connectivity index (χ0v) is 19.8. The van der Waals surface area contributed by atoms with Gasteiger partial charge in [0.1, 0.15) is 11.5 Å². The summed E-state index contributed by atoms with van der Waals surface area (Å²) in [5.74, 6) is 1.98. The molecule has 0 unspecified atom stereocenters. The van der Waals surface area contributed by atoms with Gasteiger partial charge in [-0.25, -0.2) is 0 Å². The highest BCUT2D eigenvalue weighted by atomic mass is 16.5. The third-order valence-corrected chi connectivity index (χ3v) is 6.61. The summed E-state index contributed by atoms with van der Waals surface area (Å²) in [6.45, 7) is 5.03. The molecule has 0 saturated carbocycles. The van der Waals surface area contributed by atoms with Crippen LogP contribution in [0.3, 0.4) is 0 Å². The van der Waals surface area contributed by atoms with Gasteiger partial charge in [0.2, 0.25) is 0 Å². The number of ether oxygens (including phenoxy) is 2. The summed E-state index contributed by atoms with van der Waals surface area (Å²) in [7, 11) is 0. The van der Waals surface area contributed by atoms with Crippen molar-refractivity contribution in [3.8, 4) is 11.5 Å². The Morgan fingerprint density at radius 3 is 1.47 bits per heavy atom. The third-order valence-electron chi connectivity index (χ3n) is 6.61. The van der Waals surface area contributed by atoms with Crippen LogP contribution in [-0.4, -0.2) is 26.3 Å². The molecule has 0 aliphatic carbocycles. The zero-order valence-electron chi connectivity index (χ0n) is 19.8. The standard InChI is InChI=1S/C30H34N2O2/c1-3-11-25-23(9-1)13-15-29-27(25)21-31-17-5-6-18-32-22-28-26-12-4-2-10-24(26)14-16-30(28)34-20-8-7-19-33-29/h1-4,9-16,31-32H,5-8,17-22H2. The summed E-state index contributed by atoms with van der Waals surface area (Å²) in [6, 6.07) is 25.7. The van der Waals surface area contributed by atoms with Gasteiger partial charge in [-0.1, -0.05) is 60.7 Å². The summed E-state index contributed by atoms with van der Waals surface area (Å²) >= 11 is 0. The summed E-state index contributed by atoms with van der Waals surface area (Å²) in [5, 5.41) is 12.4. The van der Waals surface area contributed by atoms with Crippen molar-refractivity contribution < 1.29 is 9.47 Å². The number of hydrogen-bond acceptors (Lipinski definition) is 4. The largest absolute Gasteiger partial charge is 0.493 e. The number of hydrogen-bond donors (Lipinski definition) is 2. The van der Waals surface area contributed by atoms with Crippen LogP contribution in [0.2, 0.25) is 0 Å². The van der Waals surface area contributed by atoms with Gasteiger partial charge >= 0.3 is 0 Å². The molecule has 5 rings (SSSR count). The first-order chi connectivity index (χ1) is 16.9. The molecule has 0 radical (unpaired) electrons. The minimum Gasteiger partial charge on any atom is -0.493 e. The van der Waals surface area contributed by atoms with Crippen LogP contribution in [0, 0.1) is 0 Å². The molecule has 4 aromatic rings. The molecule has 0 fully saturated rings. The molecule has 4 aromatic carbocycles. The van der Waals surface area contributed by atoms with Gasteiger partial charge in [-0.05, 0) is 72.5 Å². The molecular weight excluding hydrogens is 420 g/mol. The van der Waals surface area contributed by atoms with Crippen LogP contribution in [0.15, 0.2) is 72.8 Å². The van der Waals surface area contributed by atoms with Crippen LogP contribution in [0.5, 0.6) is 11.5 Å². The van der Waals surface area contributed by atoms with Gasteiger partial charge in [0.15, 0.2) is 0 Å². The topological polar surface area (TPSA) is 42.5 Å². The van der Waals surface area contributed by atoms with Crippen molar-refractivity contribution in [3.63, 3.8) is 0 Å². The maximum Gasteiger partial charge on any atom is 0.124 e. The Hall–Kier alpha value is -3.08. The average molecular weight is 455 g/mol. The first kappa shape index (κ1) is 22.7. The highest BCUT2D eigenvalue weighted by Crippen LogP contribution is 2.30. The molecule has 4 nitrogen and oxygen atoms in total. The van der Waals surface area contributed by atoms with Gasteiger partial charge in [-0.2, -0.15) is 0 Å². The smallest absolute Gasteiger partial charge is 0.124 e. The van der Waals surface area contributed by atoms with E-state index in [-0.39, 0.29) is 0 Å². The number of benzene rings is 4. The van der Waals surface area contributed by atoms with Crippen LogP contribution in [0.1, 0.15) is 36.8 Å². The molecule has 1 aliphatic heterocycles. The minimum absolute atomic E-state index is 0.695. The Morgan fingerprint density at radius 1 is 0.500 bits per heavy atom. The van der Waals surface area contributed by atoms with Crippen molar-refractivity contribution in [2.24, 2.45) is 0 Å². The van der Waals surface area contributed by atoms with Crippen LogP contribution in [0.25, 0.3) is 21.5 Å². The van der Waals surface area contributed by atoms with Crippen molar-refractivity contribution in [3.05, 3.63) is 83.9 Å². The van der Waals surface area contributed by atoms with Crippen molar-refractivity contribution in [2.45, 2.75) is 38.8 Å². The van der Waals surface area contributed by atoms with E-state index in [2.05, 4.69) is 83.4 Å². The van der Waals surface area contributed by atoms with E-state index in [9.17, 15) is 0 Å². The quantitative estimate of drug-likeness (QED) is 0.332.